The highest BCUT2D eigenvalue weighted by Gasteiger charge is 2.28. The summed E-state index contributed by atoms with van der Waals surface area (Å²) in [6.07, 6.45) is 5.72. The standard InChI is InChI=1S/C18H28N2O.ClH.2H2O/c1-4-5-12-20-13-7-6-11-16(20)18(21)19-17-14(2)9-8-10-15(17)3;;;/h8-10,16H,4-7,11-13H2,1-3H3,(H,19,21);1H;2*1H2. The van der Waals surface area contributed by atoms with E-state index in [1.165, 1.54) is 19.3 Å². The number of carbonyl (C=O) groups excluding carboxylic acids is 1. The highest BCUT2D eigenvalue weighted by Crippen LogP contribution is 2.23. The number of likely N-dealkylation sites (tertiary alicyclic amines) is 1. The van der Waals surface area contributed by atoms with E-state index >= 15 is 0 Å². The van der Waals surface area contributed by atoms with Gasteiger partial charge < -0.3 is 16.3 Å². The van der Waals surface area contributed by atoms with Crippen LogP contribution in [0.25, 0.3) is 0 Å². The number of piperidine rings is 1. The van der Waals surface area contributed by atoms with Crippen molar-refractivity contribution in [3.63, 3.8) is 0 Å². The van der Waals surface area contributed by atoms with Gasteiger partial charge in [-0.1, -0.05) is 38.0 Å². The van der Waals surface area contributed by atoms with Crippen LogP contribution in [0.4, 0.5) is 5.69 Å². The Balaban J connectivity index is 0. The average Bonchev–Trinajstić information content (AvgIpc) is 2.49. The molecular formula is C18H33ClN2O3. The number of halogens is 1. The van der Waals surface area contributed by atoms with E-state index in [1.807, 2.05) is 6.07 Å². The lowest BCUT2D eigenvalue weighted by Gasteiger charge is -2.34. The first-order chi connectivity index (χ1) is 10.1. The number of para-hydroxylation sites is 1. The molecule has 24 heavy (non-hydrogen) atoms. The number of benzene rings is 1. The van der Waals surface area contributed by atoms with Gasteiger partial charge in [-0.05, 0) is 57.3 Å². The Hall–Kier alpha value is -1.14. The van der Waals surface area contributed by atoms with E-state index < -0.39 is 0 Å². The minimum absolute atomic E-state index is 0. The highest BCUT2D eigenvalue weighted by atomic mass is 35.5. The van der Waals surface area contributed by atoms with Crippen molar-refractivity contribution < 1.29 is 15.7 Å². The van der Waals surface area contributed by atoms with Crippen molar-refractivity contribution in [1.29, 1.82) is 0 Å². The van der Waals surface area contributed by atoms with Crippen molar-refractivity contribution in [2.45, 2.75) is 58.9 Å². The fraction of sp³-hybridized carbons (Fsp3) is 0.611. The van der Waals surface area contributed by atoms with E-state index in [0.29, 0.717) is 0 Å². The van der Waals surface area contributed by atoms with Gasteiger partial charge in [0.2, 0.25) is 5.91 Å². The summed E-state index contributed by atoms with van der Waals surface area (Å²) in [6.45, 7) is 8.42. The SMILES string of the molecule is CCCCN1CCCCC1C(=O)Nc1c(C)cccc1C.Cl.O.O. The third-order valence-electron chi connectivity index (χ3n) is 4.44. The minimum atomic E-state index is 0. The topological polar surface area (TPSA) is 95.3 Å². The number of anilines is 1. The molecule has 1 heterocycles. The number of amides is 1. The van der Waals surface area contributed by atoms with E-state index in [0.717, 1.165) is 42.7 Å². The van der Waals surface area contributed by atoms with Gasteiger partial charge in [0.1, 0.15) is 0 Å². The van der Waals surface area contributed by atoms with Crippen LogP contribution in [0.5, 0.6) is 0 Å². The molecule has 0 spiro atoms. The van der Waals surface area contributed by atoms with Crippen LogP contribution in [0.15, 0.2) is 18.2 Å². The second-order valence-corrected chi connectivity index (χ2v) is 6.16. The molecule has 1 fully saturated rings. The molecule has 6 heteroatoms. The summed E-state index contributed by atoms with van der Waals surface area (Å²) in [7, 11) is 0. The van der Waals surface area contributed by atoms with Gasteiger partial charge in [0.25, 0.3) is 0 Å². The Morgan fingerprint density at radius 1 is 1.21 bits per heavy atom. The van der Waals surface area contributed by atoms with E-state index in [2.05, 4.69) is 43.1 Å². The Bertz CT molecular complexity index is 477. The molecule has 0 saturated carbocycles. The van der Waals surface area contributed by atoms with Gasteiger partial charge in [-0.25, -0.2) is 0 Å². The summed E-state index contributed by atoms with van der Waals surface area (Å²) in [5.74, 6) is 0.170. The fourth-order valence-corrected chi connectivity index (χ4v) is 3.13. The van der Waals surface area contributed by atoms with Gasteiger partial charge in [-0.15, -0.1) is 12.4 Å². The quantitative estimate of drug-likeness (QED) is 0.873. The van der Waals surface area contributed by atoms with Crippen LogP contribution in [0.3, 0.4) is 0 Å². The lowest BCUT2D eigenvalue weighted by atomic mass is 10.00. The highest BCUT2D eigenvalue weighted by molar-refractivity contribution is 5.96. The maximum Gasteiger partial charge on any atom is 0.241 e. The number of unbranched alkanes of at least 4 members (excludes halogenated alkanes) is 1. The Morgan fingerprint density at radius 2 is 1.83 bits per heavy atom. The molecule has 1 aliphatic rings. The monoisotopic (exact) mass is 360 g/mol. The molecule has 140 valence electrons. The largest absolute Gasteiger partial charge is 0.412 e. The lowest BCUT2D eigenvalue weighted by molar-refractivity contribution is -0.122. The van der Waals surface area contributed by atoms with Gasteiger partial charge in [-0.3, -0.25) is 9.69 Å². The van der Waals surface area contributed by atoms with E-state index in [9.17, 15) is 4.79 Å². The van der Waals surface area contributed by atoms with Crippen molar-refractivity contribution in [3.8, 4) is 0 Å². The van der Waals surface area contributed by atoms with E-state index in [4.69, 9.17) is 0 Å². The van der Waals surface area contributed by atoms with Crippen LogP contribution in [0.2, 0.25) is 0 Å². The van der Waals surface area contributed by atoms with Crippen molar-refractivity contribution in [1.82, 2.24) is 4.90 Å². The van der Waals surface area contributed by atoms with E-state index in [-0.39, 0.29) is 35.3 Å². The van der Waals surface area contributed by atoms with Crippen LogP contribution in [0, 0.1) is 13.8 Å². The molecule has 0 aliphatic carbocycles. The molecule has 1 unspecified atom stereocenters. The first kappa shape index (κ1) is 25.1. The molecule has 1 amide bonds. The number of aryl methyl sites for hydroxylation is 2. The zero-order chi connectivity index (χ0) is 15.2. The second-order valence-electron chi connectivity index (χ2n) is 6.16. The molecule has 5 nitrogen and oxygen atoms in total. The number of nitrogens with zero attached hydrogens (tertiary/aromatic N) is 1. The summed E-state index contributed by atoms with van der Waals surface area (Å²) in [5, 5.41) is 3.17. The number of carbonyl (C=O) groups is 1. The number of nitrogens with one attached hydrogen (secondary N) is 1. The third-order valence-corrected chi connectivity index (χ3v) is 4.44. The molecular weight excluding hydrogens is 328 g/mol. The zero-order valence-electron chi connectivity index (χ0n) is 15.0. The van der Waals surface area contributed by atoms with E-state index in [1.54, 1.807) is 0 Å². The summed E-state index contributed by atoms with van der Waals surface area (Å²) >= 11 is 0. The summed E-state index contributed by atoms with van der Waals surface area (Å²) in [4.78, 5) is 15.1. The van der Waals surface area contributed by atoms with Crippen LogP contribution < -0.4 is 5.32 Å². The molecule has 5 N–H and O–H groups in total. The minimum Gasteiger partial charge on any atom is -0.412 e. The second kappa shape index (κ2) is 12.3. The molecule has 1 aromatic rings. The van der Waals surface area contributed by atoms with Crippen LogP contribution in [-0.2, 0) is 4.79 Å². The molecule has 1 aromatic carbocycles. The Morgan fingerprint density at radius 3 is 2.42 bits per heavy atom. The molecule has 0 aromatic heterocycles. The van der Waals surface area contributed by atoms with Gasteiger partial charge >= 0.3 is 0 Å². The summed E-state index contributed by atoms with van der Waals surface area (Å²) < 4.78 is 0. The van der Waals surface area contributed by atoms with Gasteiger partial charge in [-0.2, -0.15) is 0 Å². The summed E-state index contributed by atoms with van der Waals surface area (Å²) in [6, 6.07) is 6.19. The van der Waals surface area contributed by atoms with Crippen molar-refractivity contribution in [2.24, 2.45) is 0 Å². The Kier molecular flexibility index (Phi) is 12.8. The maximum atomic E-state index is 12.7. The van der Waals surface area contributed by atoms with Crippen LogP contribution in [-0.4, -0.2) is 40.9 Å². The predicted molar refractivity (Wildman–Crippen MR) is 103 cm³/mol. The molecule has 0 radical (unpaired) electrons. The lowest BCUT2D eigenvalue weighted by Crippen LogP contribution is -2.47. The van der Waals surface area contributed by atoms with Crippen LogP contribution in [0.1, 0.15) is 50.2 Å². The summed E-state index contributed by atoms with van der Waals surface area (Å²) in [5.41, 5.74) is 3.27. The Labute approximate surface area is 151 Å². The fourth-order valence-electron chi connectivity index (χ4n) is 3.13. The van der Waals surface area contributed by atoms with Gasteiger partial charge in [0.15, 0.2) is 0 Å². The van der Waals surface area contributed by atoms with Crippen LogP contribution >= 0.6 is 12.4 Å². The van der Waals surface area contributed by atoms with Gasteiger partial charge in [0, 0.05) is 5.69 Å². The molecule has 0 bridgehead atoms. The first-order valence-electron chi connectivity index (χ1n) is 8.24. The normalized spacial score (nSPS) is 17.0. The number of rotatable bonds is 5. The van der Waals surface area contributed by atoms with Crippen molar-refractivity contribution >= 4 is 24.0 Å². The molecule has 1 saturated heterocycles. The zero-order valence-corrected chi connectivity index (χ0v) is 15.8. The smallest absolute Gasteiger partial charge is 0.241 e. The first-order valence-corrected chi connectivity index (χ1v) is 8.24. The third kappa shape index (κ3) is 6.40. The number of hydrogen-bond acceptors (Lipinski definition) is 2. The van der Waals surface area contributed by atoms with Crippen molar-refractivity contribution in [2.75, 3.05) is 18.4 Å². The maximum absolute atomic E-state index is 12.7. The average molecular weight is 361 g/mol. The van der Waals surface area contributed by atoms with Crippen molar-refractivity contribution in [3.05, 3.63) is 29.3 Å². The molecule has 2 rings (SSSR count). The van der Waals surface area contributed by atoms with Gasteiger partial charge in [0.05, 0.1) is 6.04 Å². The molecule has 1 aliphatic heterocycles. The number of hydrogen-bond donors (Lipinski definition) is 1. The molecule has 1 atom stereocenters. The predicted octanol–water partition coefficient (Wildman–Crippen LogP) is 2.67.